The summed E-state index contributed by atoms with van der Waals surface area (Å²) >= 11 is 0. The van der Waals surface area contributed by atoms with Gasteiger partial charge in [-0.25, -0.2) is 4.98 Å². The van der Waals surface area contributed by atoms with E-state index in [-0.39, 0.29) is 18.4 Å². The van der Waals surface area contributed by atoms with Crippen molar-refractivity contribution in [3.8, 4) is 5.75 Å². The van der Waals surface area contributed by atoms with Crippen molar-refractivity contribution in [1.29, 1.82) is 0 Å². The third-order valence-electron chi connectivity index (χ3n) is 5.62. The van der Waals surface area contributed by atoms with E-state index in [9.17, 15) is 9.59 Å². The summed E-state index contributed by atoms with van der Waals surface area (Å²) < 4.78 is 5.21. The number of nitrogens with zero attached hydrogens (tertiary/aromatic N) is 4. The zero-order valence-corrected chi connectivity index (χ0v) is 17.4. The molecule has 8 nitrogen and oxygen atoms in total. The minimum atomic E-state index is -0.0545. The minimum absolute atomic E-state index is 0.0389. The number of methoxy groups -OCH3 is 1. The first-order valence-electron chi connectivity index (χ1n) is 10.2. The standard InChI is InChI=1S/C22H27N5O3/c1-25-8-3-9-26(11-10-25)22(29)17-12-19-21(23-13-17)24-14-20(28)27(19)15-16-4-6-18(30-2)7-5-16/h4-7,12-13H,3,8-11,14-15H2,1-2H3,(H,23,24). The highest BCUT2D eigenvalue weighted by molar-refractivity contribution is 6.04. The van der Waals surface area contributed by atoms with Gasteiger partial charge >= 0.3 is 0 Å². The zero-order chi connectivity index (χ0) is 21.1. The molecule has 0 aliphatic carbocycles. The van der Waals surface area contributed by atoms with E-state index in [0.29, 0.717) is 30.2 Å². The Kier molecular flexibility index (Phi) is 5.85. The number of likely N-dealkylation sites (N-methyl/N-ethyl adjacent to an activating group) is 1. The van der Waals surface area contributed by atoms with Gasteiger partial charge in [-0.15, -0.1) is 0 Å². The third-order valence-corrected chi connectivity index (χ3v) is 5.62. The first kappa shape index (κ1) is 20.2. The molecule has 2 aliphatic rings. The average molecular weight is 409 g/mol. The highest BCUT2D eigenvalue weighted by atomic mass is 16.5. The number of fused-ring (bicyclic) bond motifs is 1. The number of hydrogen-bond donors (Lipinski definition) is 1. The molecule has 1 aromatic carbocycles. The van der Waals surface area contributed by atoms with Crippen molar-refractivity contribution in [3.05, 3.63) is 47.7 Å². The molecule has 1 fully saturated rings. The molecule has 158 valence electrons. The lowest BCUT2D eigenvalue weighted by molar-refractivity contribution is -0.117. The number of nitrogens with one attached hydrogen (secondary N) is 1. The SMILES string of the molecule is COc1ccc(CN2C(=O)CNc3ncc(C(=O)N4CCCN(C)CC4)cc32)cc1. The number of hydrogen-bond acceptors (Lipinski definition) is 6. The zero-order valence-electron chi connectivity index (χ0n) is 17.4. The summed E-state index contributed by atoms with van der Waals surface area (Å²) in [4.78, 5) is 36.0. The maximum atomic E-state index is 13.1. The molecule has 0 atom stereocenters. The van der Waals surface area contributed by atoms with Crippen LogP contribution >= 0.6 is 0 Å². The third kappa shape index (κ3) is 4.23. The van der Waals surface area contributed by atoms with Gasteiger partial charge in [0.15, 0.2) is 5.82 Å². The molecule has 0 radical (unpaired) electrons. The molecule has 0 unspecified atom stereocenters. The second kappa shape index (κ2) is 8.71. The fourth-order valence-corrected chi connectivity index (χ4v) is 3.82. The van der Waals surface area contributed by atoms with Crippen LogP contribution in [0.5, 0.6) is 5.75 Å². The highest BCUT2D eigenvalue weighted by Gasteiger charge is 2.27. The van der Waals surface area contributed by atoms with Crippen molar-refractivity contribution >= 4 is 23.3 Å². The van der Waals surface area contributed by atoms with Crippen LogP contribution in [0.2, 0.25) is 0 Å². The Balaban J connectivity index is 1.58. The number of carbonyl (C=O) groups is 2. The van der Waals surface area contributed by atoms with Gasteiger partial charge in [0.1, 0.15) is 5.75 Å². The Hall–Kier alpha value is -3.13. The topological polar surface area (TPSA) is 78.0 Å². The summed E-state index contributed by atoms with van der Waals surface area (Å²) in [5, 5.41) is 3.05. The summed E-state index contributed by atoms with van der Waals surface area (Å²) in [7, 11) is 3.69. The molecular formula is C22H27N5O3. The predicted molar refractivity (Wildman–Crippen MR) is 115 cm³/mol. The first-order chi connectivity index (χ1) is 14.5. The van der Waals surface area contributed by atoms with Crippen molar-refractivity contribution < 1.29 is 14.3 Å². The van der Waals surface area contributed by atoms with E-state index in [2.05, 4.69) is 22.2 Å². The summed E-state index contributed by atoms with van der Waals surface area (Å²) in [5.41, 5.74) is 2.12. The van der Waals surface area contributed by atoms with Gasteiger partial charge in [-0.3, -0.25) is 9.59 Å². The van der Waals surface area contributed by atoms with Crippen LogP contribution in [0, 0.1) is 0 Å². The number of amides is 2. The van der Waals surface area contributed by atoms with E-state index in [0.717, 1.165) is 37.4 Å². The number of anilines is 2. The van der Waals surface area contributed by atoms with E-state index in [1.807, 2.05) is 29.2 Å². The van der Waals surface area contributed by atoms with E-state index in [4.69, 9.17) is 4.74 Å². The molecule has 3 heterocycles. The van der Waals surface area contributed by atoms with Crippen molar-refractivity contribution in [3.63, 3.8) is 0 Å². The number of ether oxygens (including phenoxy) is 1. The van der Waals surface area contributed by atoms with Crippen LogP contribution in [0.4, 0.5) is 11.5 Å². The largest absolute Gasteiger partial charge is 0.497 e. The van der Waals surface area contributed by atoms with Crippen molar-refractivity contribution in [1.82, 2.24) is 14.8 Å². The highest BCUT2D eigenvalue weighted by Crippen LogP contribution is 2.30. The number of rotatable bonds is 4. The van der Waals surface area contributed by atoms with Gasteiger partial charge in [0.25, 0.3) is 5.91 Å². The normalized spacial score (nSPS) is 17.2. The van der Waals surface area contributed by atoms with Crippen LogP contribution in [-0.4, -0.2) is 73.5 Å². The van der Waals surface area contributed by atoms with Crippen LogP contribution < -0.4 is 15.0 Å². The molecule has 1 N–H and O–H groups in total. The van der Waals surface area contributed by atoms with Gasteiger partial charge in [0.2, 0.25) is 5.91 Å². The Bertz CT molecular complexity index is 931. The molecular weight excluding hydrogens is 382 g/mol. The van der Waals surface area contributed by atoms with Crippen LogP contribution in [0.1, 0.15) is 22.3 Å². The number of benzene rings is 1. The fraction of sp³-hybridized carbons (Fsp3) is 0.409. The molecule has 30 heavy (non-hydrogen) atoms. The maximum absolute atomic E-state index is 13.1. The number of pyridine rings is 1. The smallest absolute Gasteiger partial charge is 0.255 e. The van der Waals surface area contributed by atoms with Gasteiger partial charge in [0, 0.05) is 25.8 Å². The van der Waals surface area contributed by atoms with Crippen LogP contribution in [-0.2, 0) is 11.3 Å². The predicted octanol–water partition coefficient (Wildman–Crippen LogP) is 1.83. The summed E-state index contributed by atoms with van der Waals surface area (Å²) in [6.07, 6.45) is 2.55. The maximum Gasteiger partial charge on any atom is 0.255 e. The van der Waals surface area contributed by atoms with E-state index in [1.165, 1.54) is 0 Å². The molecule has 2 amide bonds. The quantitative estimate of drug-likeness (QED) is 0.830. The van der Waals surface area contributed by atoms with E-state index >= 15 is 0 Å². The van der Waals surface area contributed by atoms with Gasteiger partial charge in [-0.2, -0.15) is 0 Å². The van der Waals surface area contributed by atoms with Crippen LogP contribution in [0.15, 0.2) is 36.5 Å². The molecule has 1 aromatic heterocycles. The van der Waals surface area contributed by atoms with Gasteiger partial charge in [-0.1, -0.05) is 12.1 Å². The van der Waals surface area contributed by atoms with Crippen LogP contribution in [0.25, 0.3) is 0 Å². The van der Waals surface area contributed by atoms with Crippen molar-refractivity contribution in [2.75, 3.05) is 57.1 Å². The Labute approximate surface area is 176 Å². The molecule has 2 aromatic rings. The molecule has 1 saturated heterocycles. The second-order valence-corrected chi connectivity index (χ2v) is 7.72. The molecule has 0 saturated carbocycles. The fourth-order valence-electron chi connectivity index (χ4n) is 3.82. The molecule has 0 bridgehead atoms. The minimum Gasteiger partial charge on any atom is -0.497 e. The molecule has 2 aliphatic heterocycles. The Morgan fingerprint density at radius 1 is 1.17 bits per heavy atom. The average Bonchev–Trinajstić information content (AvgIpc) is 3.00. The molecule has 0 spiro atoms. The number of carbonyl (C=O) groups excluding carboxylic acids is 2. The lowest BCUT2D eigenvalue weighted by atomic mass is 10.1. The van der Waals surface area contributed by atoms with Gasteiger partial charge < -0.3 is 24.8 Å². The monoisotopic (exact) mass is 409 g/mol. The summed E-state index contributed by atoms with van der Waals surface area (Å²) in [6, 6.07) is 9.40. The summed E-state index contributed by atoms with van der Waals surface area (Å²) in [5.74, 6) is 1.29. The van der Waals surface area contributed by atoms with E-state index in [1.54, 1.807) is 24.3 Å². The summed E-state index contributed by atoms with van der Waals surface area (Å²) in [6.45, 7) is 3.85. The first-order valence-corrected chi connectivity index (χ1v) is 10.2. The second-order valence-electron chi connectivity index (χ2n) is 7.72. The van der Waals surface area contributed by atoms with E-state index < -0.39 is 0 Å². The molecule has 4 rings (SSSR count). The lowest BCUT2D eigenvalue weighted by Gasteiger charge is -2.30. The molecule has 8 heteroatoms. The Morgan fingerprint density at radius 2 is 1.97 bits per heavy atom. The lowest BCUT2D eigenvalue weighted by Crippen LogP contribution is -2.40. The van der Waals surface area contributed by atoms with Crippen molar-refractivity contribution in [2.24, 2.45) is 0 Å². The van der Waals surface area contributed by atoms with Crippen molar-refractivity contribution in [2.45, 2.75) is 13.0 Å². The number of aromatic nitrogens is 1. The van der Waals surface area contributed by atoms with Gasteiger partial charge in [-0.05, 0) is 43.8 Å². The van der Waals surface area contributed by atoms with Gasteiger partial charge in [0.05, 0.1) is 31.5 Å². The Morgan fingerprint density at radius 3 is 2.73 bits per heavy atom. The van der Waals surface area contributed by atoms with Crippen LogP contribution in [0.3, 0.4) is 0 Å².